The van der Waals surface area contributed by atoms with Gasteiger partial charge in [-0.1, -0.05) is 32.4 Å². The topological polar surface area (TPSA) is 38.0 Å². The summed E-state index contributed by atoms with van der Waals surface area (Å²) in [6, 6.07) is 0. The fraction of sp³-hybridized carbons (Fsp3) is 0.600. The lowest BCUT2D eigenvalue weighted by molar-refractivity contribution is 0.463. The molecular formula is C10H20N2. The lowest BCUT2D eigenvalue weighted by Gasteiger charge is -2.22. The van der Waals surface area contributed by atoms with E-state index in [0.717, 1.165) is 5.70 Å². The van der Waals surface area contributed by atoms with Crippen LogP contribution in [0.1, 0.15) is 34.6 Å². The minimum absolute atomic E-state index is 0.0824. The van der Waals surface area contributed by atoms with Gasteiger partial charge in [0, 0.05) is 11.1 Å². The highest BCUT2D eigenvalue weighted by molar-refractivity contribution is 5.23. The standard InChI is InChI=1S/C10H20N2/c1-6-8(2)7-9(12-11)10(3,4)5/h6-7,12H,11H2,1-5H3/b8-6-,9-7-. The zero-order chi connectivity index (χ0) is 9.78. The molecule has 0 radical (unpaired) electrons. The number of allylic oxidation sites excluding steroid dienone is 4. The summed E-state index contributed by atoms with van der Waals surface area (Å²) in [5.41, 5.74) is 5.08. The first-order valence-corrected chi connectivity index (χ1v) is 4.23. The summed E-state index contributed by atoms with van der Waals surface area (Å²) in [7, 11) is 0. The van der Waals surface area contributed by atoms with Gasteiger partial charge in [-0.05, 0) is 19.9 Å². The second-order valence-electron chi connectivity index (χ2n) is 3.99. The second-order valence-corrected chi connectivity index (χ2v) is 3.99. The van der Waals surface area contributed by atoms with Crippen LogP contribution in [0.15, 0.2) is 23.4 Å². The molecule has 0 saturated heterocycles. The maximum atomic E-state index is 5.42. The van der Waals surface area contributed by atoms with Crippen molar-refractivity contribution >= 4 is 0 Å². The Labute approximate surface area is 75.5 Å². The van der Waals surface area contributed by atoms with Crippen LogP contribution in [-0.4, -0.2) is 0 Å². The van der Waals surface area contributed by atoms with Crippen molar-refractivity contribution in [3.8, 4) is 0 Å². The van der Waals surface area contributed by atoms with Gasteiger partial charge in [0.25, 0.3) is 0 Å². The molecule has 12 heavy (non-hydrogen) atoms. The molecule has 3 N–H and O–H groups in total. The van der Waals surface area contributed by atoms with Gasteiger partial charge in [0.2, 0.25) is 0 Å². The van der Waals surface area contributed by atoms with E-state index in [2.05, 4.69) is 45.3 Å². The van der Waals surface area contributed by atoms with Gasteiger partial charge >= 0.3 is 0 Å². The van der Waals surface area contributed by atoms with Crippen LogP contribution >= 0.6 is 0 Å². The number of hydrogen-bond donors (Lipinski definition) is 2. The van der Waals surface area contributed by atoms with Crippen LogP contribution in [0.5, 0.6) is 0 Å². The maximum absolute atomic E-state index is 5.42. The molecule has 0 aromatic carbocycles. The van der Waals surface area contributed by atoms with E-state index >= 15 is 0 Å². The van der Waals surface area contributed by atoms with Gasteiger partial charge in [-0.25, -0.2) is 0 Å². The van der Waals surface area contributed by atoms with Crippen molar-refractivity contribution in [1.82, 2.24) is 5.43 Å². The van der Waals surface area contributed by atoms with Crippen LogP contribution in [0.4, 0.5) is 0 Å². The summed E-state index contributed by atoms with van der Waals surface area (Å²) < 4.78 is 0. The second kappa shape index (κ2) is 4.31. The zero-order valence-corrected chi connectivity index (χ0v) is 8.73. The molecule has 0 fully saturated rings. The summed E-state index contributed by atoms with van der Waals surface area (Å²) in [6.07, 6.45) is 4.13. The highest BCUT2D eigenvalue weighted by Crippen LogP contribution is 2.22. The summed E-state index contributed by atoms with van der Waals surface area (Å²) >= 11 is 0. The Morgan fingerprint density at radius 2 is 1.83 bits per heavy atom. The van der Waals surface area contributed by atoms with Crippen molar-refractivity contribution in [2.24, 2.45) is 11.3 Å². The minimum Gasteiger partial charge on any atom is -0.328 e. The SMILES string of the molecule is C/C=C(C)\C=C(/NN)C(C)(C)C. The van der Waals surface area contributed by atoms with Gasteiger partial charge in [0.15, 0.2) is 0 Å². The third-order valence-corrected chi connectivity index (χ3v) is 1.79. The van der Waals surface area contributed by atoms with Gasteiger partial charge in [-0.15, -0.1) is 0 Å². The van der Waals surface area contributed by atoms with Gasteiger partial charge in [0.05, 0.1) is 0 Å². The Morgan fingerprint density at radius 3 is 2.08 bits per heavy atom. The fourth-order valence-corrected chi connectivity index (χ4v) is 0.786. The number of rotatable bonds is 2. The smallest absolute Gasteiger partial charge is 0.0315 e. The molecule has 0 aliphatic rings. The molecule has 0 aromatic heterocycles. The molecule has 70 valence electrons. The quantitative estimate of drug-likeness (QED) is 0.377. The number of hydrogen-bond acceptors (Lipinski definition) is 2. The van der Waals surface area contributed by atoms with E-state index in [1.165, 1.54) is 5.57 Å². The van der Waals surface area contributed by atoms with Crippen LogP contribution < -0.4 is 11.3 Å². The fourth-order valence-electron chi connectivity index (χ4n) is 0.786. The zero-order valence-electron chi connectivity index (χ0n) is 8.73. The average molecular weight is 168 g/mol. The number of nitrogens with two attached hydrogens (primary N) is 1. The van der Waals surface area contributed by atoms with E-state index in [0.29, 0.717) is 0 Å². The van der Waals surface area contributed by atoms with Crippen LogP contribution in [0, 0.1) is 5.41 Å². The van der Waals surface area contributed by atoms with Crippen LogP contribution in [0.2, 0.25) is 0 Å². The third-order valence-electron chi connectivity index (χ3n) is 1.79. The monoisotopic (exact) mass is 168 g/mol. The molecule has 0 aromatic rings. The summed E-state index contributed by atoms with van der Waals surface area (Å²) in [5.74, 6) is 5.42. The lowest BCUT2D eigenvalue weighted by Crippen LogP contribution is -2.29. The molecule has 0 rings (SSSR count). The average Bonchev–Trinajstić information content (AvgIpc) is 1.97. The van der Waals surface area contributed by atoms with E-state index < -0.39 is 0 Å². The Bertz CT molecular complexity index is 194. The van der Waals surface area contributed by atoms with Crippen molar-refractivity contribution in [1.29, 1.82) is 0 Å². The first-order valence-electron chi connectivity index (χ1n) is 4.23. The van der Waals surface area contributed by atoms with Crippen molar-refractivity contribution in [3.05, 3.63) is 23.4 Å². The van der Waals surface area contributed by atoms with Gasteiger partial charge in [0.1, 0.15) is 0 Å². The van der Waals surface area contributed by atoms with Crippen molar-refractivity contribution in [2.75, 3.05) is 0 Å². The molecule has 2 heteroatoms. The molecule has 0 spiro atoms. The van der Waals surface area contributed by atoms with E-state index in [9.17, 15) is 0 Å². The highest BCUT2D eigenvalue weighted by atomic mass is 15.2. The van der Waals surface area contributed by atoms with Crippen LogP contribution in [-0.2, 0) is 0 Å². The van der Waals surface area contributed by atoms with Crippen LogP contribution in [0.25, 0.3) is 0 Å². The normalized spacial score (nSPS) is 14.8. The molecule has 0 bridgehead atoms. The van der Waals surface area contributed by atoms with Gasteiger partial charge in [-0.2, -0.15) is 0 Å². The van der Waals surface area contributed by atoms with Gasteiger partial charge < -0.3 is 5.43 Å². The summed E-state index contributed by atoms with van der Waals surface area (Å²) in [6.45, 7) is 10.5. The maximum Gasteiger partial charge on any atom is 0.0315 e. The Morgan fingerprint density at radius 1 is 1.33 bits per heavy atom. The molecule has 0 saturated carbocycles. The van der Waals surface area contributed by atoms with Crippen molar-refractivity contribution in [3.63, 3.8) is 0 Å². The Balaban J connectivity index is 4.68. The molecule has 0 aliphatic carbocycles. The van der Waals surface area contributed by atoms with Crippen molar-refractivity contribution in [2.45, 2.75) is 34.6 Å². The minimum atomic E-state index is 0.0824. The van der Waals surface area contributed by atoms with E-state index in [4.69, 9.17) is 5.84 Å². The third kappa shape index (κ3) is 3.58. The predicted molar refractivity (Wildman–Crippen MR) is 54.3 cm³/mol. The van der Waals surface area contributed by atoms with Crippen molar-refractivity contribution < 1.29 is 0 Å². The summed E-state index contributed by atoms with van der Waals surface area (Å²) in [4.78, 5) is 0. The Hall–Kier alpha value is -0.760. The first-order chi connectivity index (χ1) is 5.41. The molecule has 0 amide bonds. The van der Waals surface area contributed by atoms with Gasteiger partial charge in [-0.3, -0.25) is 5.84 Å². The molecule has 0 aliphatic heterocycles. The molecule has 0 unspecified atom stereocenters. The predicted octanol–water partition coefficient (Wildman–Crippen LogP) is 2.35. The van der Waals surface area contributed by atoms with E-state index in [1.807, 2.05) is 6.92 Å². The van der Waals surface area contributed by atoms with Crippen LogP contribution in [0.3, 0.4) is 0 Å². The number of nitrogens with one attached hydrogen (secondary N) is 1. The highest BCUT2D eigenvalue weighted by Gasteiger charge is 2.15. The molecule has 2 nitrogen and oxygen atoms in total. The van der Waals surface area contributed by atoms with E-state index in [1.54, 1.807) is 0 Å². The largest absolute Gasteiger partial charge is 0.328 e. The number of hydrazine groups is 1. The summed E-state index contributed by atoms with van der Waals surface area (Å²) in [5, 5.41) is 0. The first kappa shape index (κ1) is 11.2. The molecular weight excluding hydrogens is 148 g/mol. The Kier molecular flexibility index (Phi) is 4.04. The van der Waals surface area contributed by atoms with E-state index in [-0.39, 0.29) is 5.41 Å². The molecule has 0 atom stereocenters. The lowest BCUT2D eigenvalue weighted by atomic mass is 9.91. The molecule has 0 heterocycles.